The van der Waals surface area contributed by atoms with E-state index in [9.17, 15) is 22.8 Å². The molecule has 0 unspecified atom stereocenters. The smallest absolute Gasteiger partial charge is 0.277 e. The van der Waals surface area contributed by atoms with Gasteiger partial charge in [-0.3, -0.25) is 30.0 Å². The second-order valence-corrected chi connectivity index (χ2v) is 5.51. The summed E-state index contributed by atoms with van der Waals surface area (Å²) in [6.45, 7) is 2.04. The Balaban J connectivity index is 1.82. The van der Waals surface area contributed by atoms with E-state index in [0.717, 1.165) is 12.3 Å². The minimum Gasteiger partial charge on any atom is -0.277 e. The molecule has 0 bridgehead atoms. The molecular weight excluding hydrogens is 363 g/mol. The van der Waals surface area contributed by atoms with Gasteiger partial charge >= 0.3 is 6.18 Å². The lowest BCUT2D eigenvalue weighted by Gasteiger charge is -2.14. The molecule has 3 rings (SSSR count). The molecule has 10 heteroatoms. The molecule has 140 valence electrons. The van der Waals surface area contributed by atoms with Crippen LogP contribution in [0.4, 0.5) is 19.1 Å². The molecule has 0 saturated carbocycles. The van der Waals surface area contributed by atoms with Crippen LogP contribution in [0.15, 0.2) is 47.4 Å². The highest BCUT2D eigenvalue weighted by Crippen LogP contribution is 2.27. The average molecular weight is 377 g/mol. The maximum atomic E-state index is 12.5. The third kappa shape index (κ3) is 3.73. The summed E-state index contributed by atoms with van der Waals surface area (Å²) >= 11 is 0. The van der Waals surface area contributed by atoms with Gasteiger partial charge in [0.05, 0.1) is 16.5 Å². The van der Waals surface area contributed by atoms with Gasteiger partial charge in [-0.1, -0.05) is 12.1 Å². The van der Waals surface area contributed by atoms with Crippen LogP contribution in [0.1, 0.15) is 23.0 Å². The van der Waals surface area contributed by atoms with Crippen molar-refractivity contribution in [2.24, 2.45) is 0 Å². The fourth-order valence-electron chi connectivity index (χ4n) is 2.44. The number of nitrogens with one attached hydrogen (secondary N) is 2. The normalized spacial score (nSPS) is 11.4. The van der Waals surface area contributed by atoms with E-state index in [1.54, 1.807) is 31.2 Å². The van der Waals surface area contributed by atoms with Crippen LogP contribution in [0, 0.1) is 0 Å². The van der Waals surface area contributed by atoms with E-state index in [1.807, 2.05) is 0 Å². The van der Waals surface area contributed by atoms with Gasteiger partial charge in [0.2, 0.25) is 5.95 Å². The Labute approximate surface area is 150 Å². The highest BCUT2D eigenvalue weighted by molar-refractivity contribution is 5.94. The molecule has 1 amide bonds. The molecule has 2 heterocycles. The van der Waals surface area contributed by atoms with Crippen molar-refractivity contribution in [2.45, 2.75) is 19.6 Å². The summed E-state index contributed by atoms with van der Waals surface area (Å²) in [6.07, 6.45) is -3.76. The topological polar surface area (TPSA) is 88.9 Å². The highest BCUT2D eigenvalue weighted by Gasteiger charge is 2.32. The number of hydrogen-bond acceptors (Lipinski definition) is 5. The molecule has 0 fully saturated rings. The second kappa shape index (κ2) is 7.06. The van der Waals surface area contributed by atoms with E-state index in [-0.39, 0.29) is 17.1 Å². The van der Waals surface area contributed by atoms with Gasteiger partial charge in [-0.2, -0.15) is 13.2 Å². The molecule has 7 nitrogen and oxygen atoms in total. The minimum atomic E-state index is -4.58. The van der Waals surface area contributed by atoms with Crippen molar-refractivity contribution in [3.63, 3.8) is 0 Å². The predicted octanol–water partition coefficient (Wildman–Crippen LogP) is 2.59. The molecule has 0 aliphatic carbocycles. The number of carbonyl (C=O) groups is 1. The van der Waals surface area contributed by atoms with Crippen LogP contribution in [0.2, 0.25) is 0 Å². The third-order valence-corrected chi connectivity index (χ3v) is 3.78. The standard InChI is InChI=1S/C17H14F3N5O2/c1-2-25-15(27)11-5-3-4-6-12(11)22-16(25)24-23-14(26)10-7-8-13(21-9-10)17(18,19)20/h3-9H,2H2,1H3,(H,22,24)(H,23,26). The summed E-state index contributed by atoms with van der Waals surface area (Å²) in [7, 11) is 0. The number of aromatic nitrogens is 3. The monoisotopic (exact) mass is 377 g/mol. The maximum Gasteiger partial charge on any atom is 0.433 e. The number of nitrogens with zero attached hydrogens (tertiary/aromatic N) is 3. The summed E-state index contributed by atoms with van der Waals surface area (Å²) in [5.74, 6) is -0.615. The van der Waals surface area contributed by atoms with Gasteiger partial charge in [0.15, 0.2) is 0 Å². The molecule has 0 aliphatic heterocycles. The van der Waals surface area contributed by atoms with Gasteiger partial charge in [0.25, 0.3) is 11.5 Å². The molecule has 0 spiro atoms. The number of para-hydroxylation sites is 1. The molecule has 0 radical (unpaired) electrons. The largest absolute Gasteiger partial charge is 0.433 e. The molecule has 0 atom stereocenters. The molecule has 2 aromatic heterocycles. The first-order chi connectivity index (χ1) is 12.8. The first-order valence-corrected chi connectivity index (χ1v) is 7.90. The Kier molecular flexibility index (Phi) is 4.80. The maximum absolute atomic E-state index is 12.5. The van der Waals surface area contributed by atoms with Gasteiger partial charge in [-0.05, 0) is 31.2 Å². The fraction of sp³-hybridized carbons (Fsp3) is 0.176. The van der Waals surface area contributed by atoms with Crippen LogP contribution in [-0.4, -0.2) is 20.4 Å². The summed E-state index contributed by atoms with van der Waals surface area (Å²) in [5, 5.41) is 0.433. The van der Waals surface area contributed by atoms with E-state index >= 15 is 0 Å². The Morgan fingerprint density at radius 3 is 2.56 bits per heavy atom. The van der Waals surface area contributed by atoms with Gasteiger partial charge < -0.3 is 0 Å². The Hall–Kier alpha value is -3.43. The number of alkyl halides is 3. The first-order valence-electron chi connectivity index (χ1n) is 7.90. The Morgan fingerprint density at radius 1 is 1.19 bits per heavy atom. The van der Waals surface area contributed by atoms with Crippen molar-refractivity contribution in [3.8, 4) is 0 Å². The zero-order valence-electron chi connectivity index (χ0n) is 14.0. The molecule has 0 saturated heterocycles. The number of pyridine rings is 1. The SMILES string of the molecule is CCn1c(NNC(=O)c2ccc(C(F)(F)F)nc2)nc2ccccc2c1=O. The molecule has 0 aliphatic rings. The fourth-order valence-corrected chi connectivity index (χ4v) is 2.44. The van der Waals surface area contributed by atoms with Crippen LogP contribution in [0.3, 0.4) is 0 Å². The summed E-state index contributed by atoms with van der Waals surface area (Å²) in [4.78, 5) is 32.1. The van der Waals surface area contributed by atoms with Crippen molar-refractivity contribution < 1.29 is 18.0 Å². The van der Waals surface area contributed by atoms with Gasteiger partial charge in [0, 0.05) is 12.7 Å². The van der Waals surface area contributed by atoms with Crippen molar-refractivity contribution >= 4 is 22.8 Å². The second-order valence-electron chi connectivity index (χ2n) is 5.51. The number of benzene rings is 1. The van der Waals surface area contributed by atoms with Gasteiger partial charge in [0.1, 0.15) is 5.69 Å². The number of anilines is 1. The summed E-state index contributed by atoms with van der Waals surface area (Å²) in [6, 6.07) is 8.47. The minimum absolute atomic E-state index is 0.0818. The molecular formula is C17H14F3N5O2. The highest BCUT2D eigenvalue weighted by atomic mass is 19.4. The van der Waals surface area contributed by atoms with Crippen LogP contribution in [0.5, 0.6) is 0 Å². The number of hydrogen-bond donors (Lipinski definition) is 2. The number of amides is 1. The summed E-state index contributed by atoms with van der Waals surface area (Å²) in [5.41, 5.74) is 3.84. The summed E-state index contributed by atoms with van der Waals surface area (Å²) < 4.78 is 38.9. The van der Waals surface area contributed by atoms with Crippen LogP contribution >= 0.6 is 0 Å². The lowest BCUT2D eigenvalue weighted by atomic mass is 10.2. The van der Waals surface area contributed by atoms with Crippen molar-refractivity contribution in [3.05, 3.63) is 64.2 Å². The van der Waals surface area contributed by atoms with E-state index in [4.69, 9.17) is 0 Å². The van der Waals surface area contributed by atoms with Crippen molar-refractivity contribution in [1.29, 1.82) is 0 Å². The zero-order valence-corrected chi connectivity index (χ0v) is 14.0. The lowest BCUT2D eigenvalue weighted by molar-refractivity contribution is -0.141. The quantitative estimate of drug-likeness (QED) is 0.683. The molecule has 2 N–H and O–H groups in total. The van der Waals surface area contributed by atoms with Crippen molar-refractivity contribution in [2.75, 3.05) is 5.43 Å². The number of fused-ring (bicyclic) bond motifs is 1. The Morgan fingerprint density at radius 2 is 1.93 bits per heavy atom. The van der Waals surface area contributed by atoms with E-state index in [2.05, 4.69) is 20.8 Å². The average Bonchev–Trinajstić information content (AvgIpc) is 2.65. The first kappa shape index (κ1) is 18.4. The van der Waals surface area contributed by atoms with E-state index < -0.39 is 17.8 Å². The van der Waals surface area contributed by atoms with Crippen LogP contribution in [0.25, 0.3) is 10.9 Å². The van der Waals surface area contributed by atoms with Crippen LogP contribution < -0.4 is 16.4 Å². The van der Waals surface area contributed by atoms with Gasteiger partial charge in [-0.25, -0.2) is 4.98 Å². The number of hydrazine groups is 1. The Bertz CT molecular complexity index is 1050. The van der Waals surface area contributed by atoms with Crippen LogP contribution in [-0.2, 0) is 12.7 Å². The van der Waals surface area contributed by atoms with E-state index in [1.165, 1.54) is 4.57 Å². The number of rotatable bonds is 4. The zero-order chi connectivity index (χ0) is 19.6. The van der Waals surface area contributed by atoms with Gasteiger partial charge in [-0.15, -0.1) is 0 Å². The number of halogens is 3. The van der Waals surface area contributed by atoms with E-state index in [0.29, 0.717) is 23.5 Å². The lowest BCUT2D eigenvalue weighted by Crippen LogP contribution is -2.34. The number of carbonyl (C=O) groups excluding carboxylic acids is 1. The predicted molar refractivity (Wildman–Crippen MR) is 92.0 cm³/mol. The van der Waals surface area contributed by atoms with Crippen molar-refractivity contribution in [1.82, 2.24) is 20.0 Å². The molecule has 3 aromatic rings. The molecule has 1 aromatic carbocycles. The molecule has 27 heavy (non-hydrogen) atoms. The third-order valence-electron chi connectivity index (χ3n) is 3.78.